The number of fused-ring (bicyclic) bond motifs is 1. The number of hydrogen-bond acceptors (Lipinski definition) is 7. The van der Waals surface area contributed by atoms with Gasteiger partial charge in [-0.15, -0.1) is 0 Å². The minimum atomic E-state index is -0.967. The SMILES string of the molecule is CC(=O)Nc1cccc(-c2nc(NC(CO)CO)nc3c2ccc(=O)n3-c2ccc(F)cc2F)c1. The third-order valence-corrected chi connectivity index (χ3v) is 5.13. The van der Waals surface area contributed by atoms with Gasteiger partial charge in [0.15, 0.2) is 5.65 Å². The molecule has 0 saturated carbocycles. The lowest BCUT2D eigenvalue weighted by Gasteiger charge is -2.17. The molecular weight excluding hydrogens is 460 g/mol. The number of benzene rings is 2. The molecule has 11 heteroatoms. The third-order valence-electron chi connectivity index (χ3n) is 5.13. The quantitative estimate of drug-likeness (QED) is 0.319. The van der Waals surface area contributed by atoms with Crippen molar-refractivity contribution in [3.63, 3.8) is 0 Å². The van der Waals surface area contributed by atoms with Gasteiger partial charge in [0.25, 0.3) is 5.56 Å². The van der Waals surface area contributed by atoms with Gasteiger partial charge in [0.05, 0.1) is 30.6 Å². The zero-order valence-electron chi connectivity index (χ0n) is 18.5. The first kappa shape index (κ1) is 23.9. The number of aliphatic hydroxyl groups excluding tert-OH is 2. The van der Waals surface area contributed by atoms with Crippen molar-refractivity contribution < 1.29 is 23.8 Å². The van der Waals surface area contributed by atoms with E-state index in [0.29, 0.717) is 28.4 Å². The Morgan fingerprint density at radius 2 is 1.83 bits per heavy atom. The maximum Gasteiger partial charge on any atom is 0.256 e. The number of carbonyl (C=O) groups excluding carboxylic acids is 1. The number of amides is 1. The molecule has 0 saturated heterocycles. The number of nitrogens with one attached hydrogen (secondary N) is 2. The van der Waals surface area contributed by atoms with Crippen LogP contribution in [0.5, 0.6) is 0 Å². The molecule has 2 aromatic heterocycles. The summed E-state index contributed by atoms with van der Waals surface area (Å²) in [6.07, 6.45) is 0. The van der Waals surface area contributed by atoms with Crippen LogP contribution in [0.3, 0.4) is 0 Å². The largest absolute Gasteiger partial charge is 0.394 e. The van der Waals surface area contributed by atoms with Gasteiger partial charge in [-0.05, 0) is 30.3 Å². The van der Waals surface area contributed by atoms with Crippen molar-refractivity contribution in [2.24, 2.45) is 0 Å². The number of anilines is 2. The molecule has 0 bridgehead atoms. The van der Waals surface area contributed by atoms with Crippen LogP contribution in [-0.4, -0.2) is 49.9 Å². The lowest BCUT2D eigenvalue weighted by molar-refractivity contribution is -0.114. The predicted octanol–water partition coefficient (Wildman–Crippen LogP) is 2.45. The average molecular weight is 481 g/mol. The van der Waals surface area contributed by atoms with Crippen molar-refractivity contribution in [2.45, 2.75) is 13.0 Å². The van der Waals surface area contributed by atoms with E-state index in [1.54, 1.807) is 24.3 Å². The van der Waals surface area contributed by atoms with Crippen LogP contribution in [0.15, 0.2) is 59.4 Å². The molecule has 4 rings (SSSR count). The summed E-state index contributed by atoms with van der Waals surface area (Å²) in [7, 11) is 0. The molecule has 0 fully saturated rings. The molecule has 0 radical (unpaired) electrons. The lowest BCUT2D eigenvalue weighted by atomic mass is 10.1. The molecular formula is C24H21F2N5O4. The third kappa shape index (κ3) is 5.00. The second kappa shape index (κ2) is 9.95. The average Bonchev–Trinajstić information content (AvgIpc) is 2.82. The van der Waals surface area contributed by atoms with Crippen LogP contribution in [0, 0.1) is 11.6 Å². The van der Waals surface area contributed by atoms with Gasteiger partial charge in [-0.1, -0.05) is 12.1 Å². The Morgan fingerprint density at radius 3 is 2.51 bits per heavy atom. The van der Waals surface area contributed by atoms with Crippen molar-refractivity contribution in [1.29, 1.82) is 0 Å². The van der Waals surface area contributed by atoms with Crippen molar-refractivity contribution in [3.8, 4) is 16.9 Å². The van der Waals surface area contributed by atoms with Crippen molar-refractivity contribution >= 4 is 28.6 Å². The molecule has 2 aromatic carbocycles. The number of aliphatic hydroxyl groups is 2. The minimum Gasteiger partial charge on any atom is -0.394 e. The highest BCUT2D eigenvalue weighted by molar-refractivity contribution is 5.94. The standard InChI is InChI=1S/C24H21F2N5O4/c1-13(34)27-16-4-2-3-14(9-16)22-18-6-8-21(35)31(20-7-5-15(25)10-19(20)26)23(18)30-24(29-22)28-17(11-32)12-33/h2-10,17,32-33H,11-12H2,1H3,(H,27,34)(H,28,29,30). The Kier molecular flexibility index (Phi) is 6.80. The van der Waals surface area contributed by atoms with E-state index in [-0.39, 0.29) is 23.2 Å². The van der Waals surface area contributed by atoms with Gasteiger partial charge >= 0.3 is 0 Å². The number of carbonyl (C=O) groups is 1. The molecule has 0 aliphatic carbocycles. The van der Waals surface area contributed by atoms with E-state index < -0.39 is 36.4 Å². The van der Waals surface area contributed by atoms with Gasteiger partial charge in [-0.2, -0.15) is 4.98 Å². The first-order chi connectivity index (χ1) is 16.8. The summed E-state index contributed by atoms with van der Waals surface area (Å²) in [6.45, 7) is 0.507. The molecule has 4 aromatic rings. The molecule has 0 unspecified atom stereocenters. The molecule has 0 aliphatic rings. The van der Waals surface area contributed by atoms with Crippen LogP contribution < -0.4 is 16.2 Å². The lowest BCUT2D eigenvalue weighted by Crippen LogP contribution is -2.29. The van der Waals surface area contributed by atoms with E-state index >= 15 is 0 Å². The molecule has 4 N–H and O–H groups in total. The zero-order chi connectivity index (χ0) is 25.1. The summed E-state index contributed by atoms with van der Waals surface area (Å²) in [5.41, 5.74) is 0.543. The first-order valence-electron chi connectivity index (χ1n) is 10.6. The number of rotatable bonds is 7. The smallest absolute Gasteiger partial charge is 0.256 e. The predicted molar refractivity (Wildman–Crippen MR) is 126 cm³/mol. The van der Waals surface area contributed by atoms with E-state index in [1.807, 2.05) is 0 Å². The van der Waals surface area contributed by atoms with Gasteiger partial charge in [-0.3, -0.25) is 14.2 Å². The Morgan fingerprint density at radius 1 is 1.06 bits per heavy atom. The van der Waals surface area contributed by atoms with Crippen LogP contribution in [0.4, 0.5) is 20.4 Å². The van der Waals surface area contributed by atoms with Gasteiger partial charge in [-0.25, -0.2) is 13.8 Å². The summed E-state index contributed by atoms with van der Waals surface area (Å²) in [4.78, 5) is 33.2. The van der Waals surface area contributed by atoms with Crippen LogP contribution in [-0.2, 0) is 4.79 Å². The monoisotopic (exact) mass is 481 g/mol. The fourth-order valence-corrected chi connectivity index (χ4v) is 3.57. The normalized spacial score (nSPS) is 11.1. The topological polar surface area (TPSA) is 129 Å². The number of aromatic nitrogens is 3. The molecule has 0 spiro atoms. The molecule has 0 aliphatic heterocycles. The van der Waals surface area contributed by atoms with E-state index in [1.165, 1.54) is 19.1 Å². The van der Waals surface area contributed by atoms with Gasteiger partial charge in [0.2, 0.25) is 11.9 Å². The summed E-state index contributed by atoms with van der Waals surface area (Å²) >= 11 is 0. The van der Waals surface area contributed by atoms with Crippen molar-refractivity contribution in [3.05, 3.63) is 76.6 Å². The molecule has 180 valence electrons. The highest BCUT2D eigenvalue weighted by Crippen LogP contribution is 2.30. The Balaban J connectivity index is 2.02. The van der Waals surface area contributed by atoms with Gasteiger partial charge in [0, 0.05) is 35.7 Å². The molecule has 2 heterocycles. The highest BCUT2D eigenvalue weighted by atomic mass is 19.1. The number of hydrogen-bond donors (Lipinski definition) is 4. The second-order valence-electron chi connectivity index (χ2n) is 7.70. The van der Waals surface area contributed by atoms with Gasteiger partial charge < -0.3 is 20.8 Å². The van der Waals surface area contributed by atoms with E-state index in [2.05, 4.69) is 20.6 Å². The Bertz CT molecular complexity index is 1470. The summed E-state index contributed by atoms with van der Waals surface area (Å²) in [5.74, 6) is -2.09. The number of halogens is 2. The molecule has 0 atom stereocenters. The molecule has 9 nitrogen and oxygen atoms in total. The van der Waals surface area contributed by atoms with Crippen LogP contribution in [0.2, 0.25) is 0 Å². The maximum absolute atomic E-state index is 14.7. The zero-order valence-corrected chi connectivity index (χ0v) is 18.5. The highest BCUT2D eigenvalue weighted by Gasteiger charge is 2.19. The van der Waals surface area contributed by atoms with E-state index in [4.69, 9.17) is 0 Å². The fourth-order valence-electron chi connectivity index (χ4n) is 3.57. The summed E-state index contributed by atoms with van der Waals surface area (Å²) in [5, 5.41) is 24.8. The number of pyridine rings is 1. The minimum absolute atomic E-state index is 0.00932. The first-order valence-corrected chi connectivity index (χ1v) is 10.6. The van der Waals surface area contributed by atoms with E-state index in [0.717, 1.165) is 16.7 Å². The number of nitrogens with zero attached hydrogens (tertiary/aromatic N) is 3. The van der Waals surface area contributed by atoms with Crippen molar-refractivity contribution in [2.75, 3.05) is 23.8 Å². The summed E-state index contributed by atoms with van der Waals surface area (Å²) in [6, 6.07) is 11.5. The van der Waals surface area contributed by atoms with Crippen molar-refractivity contribution in [1.82, 2.24) is 14.5 Å². The maximum atomic E-state index is 14.7. The van der Waals surface area contributed by atoms with Gasteiger partial charge in [0.1, 0.15) is 11.6 Å². The fraction of sp³-hybridized carbons (Fsp3) is 0.167. The van der Waals surface area contributed by atoms with E-state index in [9.17, 15) is 28.6 Å². The summed E-state index contributed by atoms with van der Waals surface area (Å²) < 4.78 is 29.2. The Hall–Kier alpha value is -4.22. The molecule has 1 amide bonds. The van der Waals surface area contributed by atoms with Crippen LogP contribution in [0.1, 0.15) is 6.92 Å². The van der Waals surface area contributed by atoms with Crippen LogP contribution in [0.25, 0.3) is 28.0 Å². The Labute approximate surface area is 197 Å². The molecule has 35 heavy (non-hydrogen) atoms. The van der Waals surface area contributed by atoms with Crippen LogP contribution >= 0.6 is 0 Å². The second-order valence-corrected chi connectivity index (χ2v) is 7.70.